The second kappa shape index (κ2) is 9.90. The summed E-state index contributed by atoms with van der Waals surface area (Å²) in [5.74, 6) is 0.570. The molecule has 4 aliphatic rings. The van der Waals surface area contributed by atoms with E-state index in [-0.39, 0.29) is 35.8 Å². The van der Waals surface area contributed by atoms with Crippen molar-refractivity contribution in [1.82, 2.24) is 15.5 Å². The van der Waals surface area contributed by atoms with Gasteiger partial charge in [0.25, 0.3) is 5.91 Å². The van der Waals surface area contributed by atoms with Crippen LogP contribution in [0, 0.1) is 5.92 Å². The van der Waals surface area contributed by atoms with Gasteiger partial charge in [-0.3, -0.25) is 19.7 Å². The van der Waals surface area contributed by atoms with Gasteiger partial charge in [-0.1, -0.05) is 6.42 Å². The van der Waals surface area contributed by atoms with Crippen molar-refractivity contribution in [3.05, 3.63) is 29.3 Å². The average molecular weight is 484 g/mol. The minimum Gasteiger partial charge on any atom is -0.489 e. The van der Waals surface area contributed by atoms with Crippen LogP contribution in [-0.4, -0.2) is 59.6 Å². The van der Waals surface area contributed by atoms with Crippen LogP contribution in [0.15, 0.2) is 18.2 Å². The zero-order valence-corrected chi connectivity index (χ0v) is 20.8. The SMILES string of the molecule is CC1(C)CC(CN[C@@H]2CCCC[C@H]2Oc2ccc3c(c2)CN(C2CCC(=O)NC2=O)C3=O)CCO1. The molecule has 35 heavy (non-hydrogen) atoms. The van der Waals surface area contributed by atoms with Crippen LogP contribution >= 0.6 is 0 Å². The van der Waals surface area contributed by atoms with Gasteiger partial charge >= 0.3 is 0 Å². The van der Waals surface area contributed by atoms with Crippen LogP contribution in [-0.2, 0) is 20.9 Å². The lowest BCUT2D eigenvalue weighted by Crippen LogP contribution is -2.52. The minimum atomic E-state index is -0.598. The molecule has 1 aromatic carbocycles. The summed E-state index contributed by atoms with van der Waals surface area (Å²) in [5.41, 5.74) is 1.45. The first-order valence-corrected chi connectivity index (χ1v) is 13.1. The van der Waals surface area contributed by atoms with E-state index in [1.54, 1.807) is 4.90 Å². The number of hydrogen-bond donors (Lipinski definition) is 2. The minimum absolute atomic E-state index is 0.0450. The van der Waals surface area contributed by atoms with E-state index in [1.165, 1.54) is 6.42 Å². The first-order chi connectivity index (χ1) is 16.8. The zero-order chi connectivity index (χ0) is 24.6. The van der Waals surface area contributed by atoms with Crippen molar-refractivity contribution in [2.24, 2.45) is 5.92 Å². The fourth-order valence-electron chi connectivity index (χ4n) is 6.12. The number of amides is 3. The third-order valence-electron chi connectivity index (χ3n) is 7.95. The van der Waals surface area contributed by atoms with E-state index in [4.69, 9.17) is 9.47 Å². The summed E-state index contributed by atoms with van der Waals surface area (Å²) < 4.78 is 12.4. The van der Waals surface area contributed by atoms with E-state index in [1.807, 2.05) is 18.2 Å². The highest BCUT2D eigenvalue weighted by Gasteiger charge is 2.39. The Labute approximate surface area is 207 Å². The molecule has 4 atom stereocenters. The molecular weight excluding hydrogens is 446 g/mol. The number of benzene rings is 1. The highest BCUT2D eigenvalue weighted by molar-refractivity contribution is 6.05. The van der Waals surface area contributed by atoms with Crippen LogP contribution in [0.1, 0.15) is 81.1 Å². The Balaban J connectivity index is 1.21. The molecule has 0 radical (unpaired) electrons. The second-order valence-corrected chi connectivity index (χ2v) is 11.1. The summed E-state index contributed by atoms with van der Waals surface area (Å²) in [6.45, 7) is 6.52. The van der Waals surface area contributed by atoms with Gasteiger partial charge in [0, 0.05) is 31.2 Å². The van der Waals surface area contributed by atoms with Crippen molar-refractivity contribution in [1.29, 1.82) is 0 Å². The van der Waals surface area contributed by atoms with Gasteiger partial charge in [0.05, 0.1) is 5.60 Å². The number of rotatable bonds is 6. The van der Waals surface area contributed by atoms with E-state index in [9.17, 15) is 14.4 Å². The van der Waals surface area contributed by atoms with Gasteiger partial charge in [-0.2, -0.15) is 0 Å². The van der Waals surface area contributed by atoms with Crippen molar-refractivity contribution in [2.45, 2.75) is 95.5 Å². The first-order valence-electron chi connectivity index (χ1n) is 13.1. The Kier molecular flexibility index (Phi) is 6.86. The molecule has 1 saturated carbocycles. The second-order valence-electron chi connectivity index (χ2n) is 11.1. The molecule has 190 valence electrons. The molecule has 1 aliphatic carbocycles. The number of nitrogens with one attached hydrogen (secondary N) is 2. The lowest BCUT2D eigenvalue weighted by atomic mass is 9.87. The monoisotopic (exact) mass is 483 g/mol. The van der Waals surface area contributed by atoms with Gasteiger partial charge in [0.1, 0.15) is 17.9 Å². The molecule has 2 N–H and O–H groups in total. The first kappa shape index (κ1) is 24.3. The molecule has 3 fully saturated rings. The number of nitrogens with zero attached hydrogens (tertiary/aromatic N) is 1. The smallest absolute Gasteiger partial charge is 0.255 e. The van der Waals surface area contributed by atoms with Gasteiger partial charge in [-0.05, 0) is 88.6 Å². The van der Waals surface area contributed by atoms with Gasteiger partial charge in [-0.25, -0.2) is 0 Å². The van der Waals surface area contributed by atoms with Crippen LogP contribution in [0.25, 0.3) is 0 Å². The van der Waals surface area contributed by atoms with Crippen LogP contribution in [0.4, 0.5) is 0 Å². The number of ether oxygens (including phenoxy) is 2. The van der Waals surface area contributed by atoms with Gasteiger partial charge in [0.2, 0.25) is 11.8 Å². The lowest BCUT2D eigenvalue weighted by molar-refractivity contribution is -0.136. The number of carbonyl (C=O) groups excluding carboxylic acids is 3. The molecule has 0 spiro atoms. The number of fused-ring (bicyclic) bond motifs is 1. The van der Waals surface area contributed by atoms with Crippen molar-refractivity contribution in [3.63, 3.8) is 0 Å². The summed E-state index contributed by atoms with van der Waals surface area (Å²) in [6.07, 6.45) is 7.35. The third kappa shape index (κ3) is 5.38. The predicted molar refractivity (Wildman–Crippen MR) is 130 cm³/mol. The van der Waals surface area contributed by atoms with E-state index < -0.39 is 6.04 Å². The molecule has 5 rings (SSSR count). The van der Waals surface area contributed by atoms with Crippen molar-refractivity contribution in [2.75, 3.05) is 13.2 Å². The Hall–Kier alpha value is -2.45. The largest absolute Gasteiger partial charge is 0.489 e. The maximum atomic E-state index is 13.0. The fraction of sp³-hybridized carbons (Fsp3) is 0.667. The Morgan fingerprint density at radius 2 is 1.97 bits per heavy atom. The van der Waals surface area contributed by atoms with Gasteiger partial charge < -0.3 is 19.7 Å². The lowest BCUT2D eigenvalue weighted by Gasteiger charge is -2.38. The number of imide groups is 1. The number of carbonyl (C=O) groups is 3. The highest BCUT2D eigenvalue weighted by atomic mass is 16.5. The molecule has 0 aromatic heterocycles. The van der Waals surface area contributed by atoms with Crippen LogP contribution < -0.4 is 15.4 Å². The quantitative estimate of drug-likeness (QED) is 0.604. The molecule has 2 unspecified atom stereocenters. The molecule has 8 nitrogen and oxygen atoms in total. The Bertz CT molecular complexity index is 993. The van der Waals surface area contributed by atoms with E-state index in [0.717, 1.165) is 56.6 Å². The molecule has 3 aliphatic heterocycles. The molecule has 3 heterocycles. The number of hydrogen-bond acceptors (Lipinski definition) is 6. The van der Waals surface area contributed by atoms with Crippen molar-refractivity contribution in [3.8, 4) is 5.75 Å². The molecule has 8 heteroatoms. The third-order valence-corrected chi connectivity index (χ3v) is 7.95. The molecule has 0 bridgehead atoms. The summed E-state index contributed by atoms with van der Waals surface area (Å²) in [7, 11) is 0. The predicted octanol–water partition coefficient (Wildman–Crippen LogP) is 2.93. The standard InChI is InChI=1S/C27H37N3O5/c1-27(2)14-17(11-12-34-27)15-28-21-5-3-4-6-23(21)35-19-7-8-20-18(13-19)16-30(26(20)33)22-9-10-24(31)29-25(22)32/h7-8,13,17,21-23,28H,3-6,9-12,14-16H2,1-2H3,(H,29,31,32)/t17?,21-,22?,23-/m1/s1. The van der Waals surface area contributed by atoms with E-state index in [0.29, 0.717) is 30.5 Å². The molecule has 3 amide bonds. The van der Waals surface area contributed by atoms with Crippen molar-refractivity contribution >= 4 is 17.7 Å². The van der Waals surface area contributed by atoms with Crippen LogP contribution in [0.2, 0.25) is 0 Å². The van der Waals surface area contributed by atoms with Gasteiger partial charge in [0.15, 0.2) is 0 Å². The maximum absolute atomic E-state index is 13.0. The maximum Gasteiger partial charge on any atom is 0.255 e. The van der Waals surface area contributed by atoms with Crippen LogP contribution in [0.5, 0.6) is 5.75 Å². The van der Waals surface area contributed by atoms with Crippen LogP contribution in [0.3, 0.4) is 0 Å². The van der Waals surface area contributed by atoms with E-state index in [2.05, 4.69) is 24.5 Å². The highest BCUT2D eigenvalue weighted by Crippen LogP contribution is 2.32. The van der Waals surface area contributed by atoms with E-state index >= 15 is 0 Å². The van der Waals surface area contributed by atoms with Gasteiger partial charge in [-0.15, -0.1) is 0 Å². The summed E-state index contributed by atoms with van der Waals surface area (Å²) >= 11 is 0. The summed E-state index contributed by atoms with van der Waals surface area (Å²) in [5, 5.41) is 6.16. The zero-order valence-electron chi connectivity index (χ0n) is 20.8. The fourth-order valence-corrected chi connectivity index (χ4v) is 6.12. The molecule has 1 aromatic rings. The Morgan fingerprint density at radius 1 is 1.14 bits per heavy atom. The molecular formula is C27H37N3O5. The topological polar surface area (TPSA) is 97.0 Å². The molecule has 2 saturated heterocycles. The Morgan fingerprint density at radius 3 is 2.77 bits per heavy atom. The summed E-state index contributed by atoms with van der Waals surface area (Å²) in [4.78, 5) is 38.3. The average Bonchev–Trinajstić information content (AvgIpc) is 3.13. The summed E-state index contributed by atoms with van der Waals surface area (Å²) in [6, 6.07) is 5.35. The number of piperidine rings is 1. The van der Waals surface area contributed by atoms with Crippen molar-refractivity contribution < 1.29 is 23.9 Å². The normalized spacial score (nSPS) is 30.7.